The van der Waals surface area contributed by atoms with Crippen LogP contribution in [0.25, 0.3) is 15.3 Å². The van der Waals surface area contributed by atoms with E-state index in [9.17, 15) is 9.90 Å². The fraction of sp³-hybridized carbons (Fsp3) is 0.267. The van der Waals surface area contributed by atoms with Crippen molar-refractivity contribution in [1.29, 1.82) is 0 Å². The first-order valence-corrected chi connectivity index (χ1v) is 7.38. The van der Waals surface area contributed by atoms with Crippen LogP contribution < -0.4 is 0 Å². The number of carboxylic acids is 1. The van der Waals surface area contributed by atoms with Crippen molar-refractivity contribution in [3.63, 3.8) is 0 Å². The molecule has 1 N–H and O–H groups in total. The number of carbonyl (C=O) groups is 1. The Balaban J connectivity index is 2.27. The maximum Gasteiger partial charge on any atom is 0.339 e. The van der Waals surface area contributed by atoms with Gasteiger partial charge in [0.05, 0.1) is 21.6 Å². The molecule has 0 saturated heterocycles. The highest BCUT2D eigenvalue weighted by Crippen LogP contribution is 2.31. The second kappa shape index (κ2) is 4.66. The summed E-state index contributed by atoms with van der Waals surface area (Å²) in [5.74, 6) is -0.954. The molecule has 0 unspecified atom stereocenters. The number of nitrogens with zero attached hydrogens (tertiary/aromatic N) is 3. The van der Waals surface area contributed by atoms with Gasteiger partial charge >= 0.3 is 5.97 Å². The van der Waals surface area contributed by atoms with Crippen molar-refractivity contribution in [3.8, 4) is 5.13 Å². The van der Waals surface area contributed by atoms with Crippen molar-refractivity contribution >= 4 is 27.5 Å². The molecule has 0 aliphatic rings. The standard InChI is InChI=1S/C15H15N3O2S/c1-7-5-6-8(2)13-12(7)16-15(21-13)18-10(4)11(14(19)20)9(3)17-18/h5-6H,1-4H3,(H,19,20). The molecule has 0 amide bonds. The van der Waals surface area contributed by atoms with Gasteiger partial charge in [0.15, 0.2) is 0 Å². The van der Waals surface area contributed by atoms with E-state index < -0.39 is 5.97 Å². The molecule has 5 nitrogen and oxygen atoms in total. The molecule has 3 aromatic rings. The van der Waals surface area contributed by atoms with E-state index in [0.717, 1.165) is 15.8 Å². The molecule has 0 radical (unpaired) electrons. The lowest BCUT2D eigenvalue weighted by Gasteiger charge is -1.98. The van der Waals surface area contributed by atoms with Crippen molar-refractivity contribution in [2.45, 2.75) is 27.7 Å². The van der Waals surface area contributed by atoms with Crippen LogP contribution in [0.5, 0.6) is 0 Å². The Kier molecular flexibility index (Phi) is 3.06. The number of rotatable bonds is 2. The molecule has 0 spiro atoms. The summed E-state index contributed by atoms with van der Waals surface area (Å²) >= 11 is 1.54. The monoisotopic (exact) mass is 301 g/mol. The van der Waals surface area contributed by atoms with E-state index in [0.29, 0.717) is 16.5 Å². The average molecular weight is 301 g/mol. The summed E-state index contributed by atoms with van der Waals surface area (Å²) in [5.41, 5.74) is 4.60. The number of thiazole rings is 1. The van der Waals surface area contributed by atoms with Crippen LogP contribution in [0.4, 0.5) is 0 Å². The molecule has 1 aromatic carbocycles. The summed E-state index contributed by atoms with van der Waals surface area (Å²) in [5, 5.41) is 14.3. The molecule has 21 heavy (non-hydrogen) atoms. The Morgan fingerprint density at radius 3 is 2.43 bits per heavy atom. The van der Waals surface area contributed by atoms with Gasteiger partial charge in [0.25, 0.3) is 0 Å². The van der Waals surface area contributed by atoms with Crippen LogP contribution in [0.1, 0.15) is 32.9 Å². The predicted molar refractivity (Wildman–Crippen MR) is 82.6 cm³/mol. The molecule has 0 fully saturated rings. The van der Waals surface area contributed by atoms with Gasteiger partial charge in [0, 0.05) is 0 Å². The molecule has 0 aliphatic heterocycles. The number of aromatic nitrogens is 3. The van der Waals surface area contributed by atoms with Crippen LogP contribution in [0.3, 0.4) is 0 Å². The Labute approximate surface area is 125 Å². The van der Waals surface area contributed by atoms with Crippen LogP contribution in [0.2, 0.25) is 0 Å². The van der Waals surface area contributed by atoms with E-state index >= 15 is 0 Å². The molecule has 2 heterocycles. The number of benzene rings is 1. The highest BCUT2D eigenvalue weighted by atomic mass is 32.1. The Hall–Kier alpha value is -2.21. The fourth-order valence-electron chi connectivity index (χ4n) is 2.48. The molecule has 2 aromatic heterocycles. The maximum atomic E-state index is 11.3. The predicted octanol–water partition coefficient (Wildman–Crippen LogP) is 3.41. The molecular formula is C15H15N3O2S. The van der Waals surface area contributed by atoms with Crippen molar-refractivity contribution < 1.29 is 9.90 Å². The Morgan fingerprint density at radius 1 is 1.19 bits per heavy atom. The van der Waals surface area contributed by atoms with Crippen LogP contribution in [-0.2, 0) is 0 Å². The van der Waals surface area contributed by atoms with Gasteiger partial charge < -0.3 is 5.11 Å². The minimum Gasteiger partial charge on any atom is -0.478 e. The highest BCUT2D eigenvalue weighted by molar-refractivity contribution is 7.21. The zero-order valence-corrected chi connectivity index (χ0v) is 13.1. The van der Waals surface area contributed by atoms with Gasteiger partial charge in [-0.3, -0.25) is 0 Å². The molecule has 108 valence electrons. The van der Waals surface area contributed by atoms with Crippen molar-refractivity contribution in [2.75, 3.05) is 0 Å². The van der Waals surface area contributed by atoms with Gasteiger partial charge in [-0.25, -0.2) is 14.5 Å². The summed E-state index contributed by atoms with van der Waals surface area (Å²) in [6.07, 6.45) is 0. The molecule has 0 bridgehead atoms. The lowest BCUT2D eigenvalue weighted by atomic mass is 10.1. The topological polar surface area (TPSA) is 68.0 Å². The van der Waals surface area contributed by atoms with E-state index in [1.165, 1.54) is 16.9 Å². The Bertz CT molecular complexity index is 838. The third-order valence-corrected chi connectivity index (χ3v) is 4.78. The van der Waals surface area contributed by atoms with E-state index in [2.05, 4.69) is 16.1 Å². The number of carboxylic acid groups (broad SMARTS) is 1. The van der Waals surface area contributed by atoms with Crippen LogP contribution in [0, 0.1) is 27.7 Å². The van der Waals surface area contributed by atoms with Crippen LogP contribution in [-0.4, -0.2) is 25.8 Å². The lowest BCUT2D eigenvalue weighted by Crippen LogP contribution is -2.02. The van der Waals surface area contributed by atoms with Crippen molar-refractivity contribution in [1.82, 2.24) is 14.8 Å². The minimum absolute atomic E-state index is 0.253. The SMILES string of the molecule is Cc1nn(-c2nc3c(C)ccc(C)c3s2)c(C)c1C(=O)O. The highest BCUT2D eigenvalue weighted by Gasteiger charge is 2.20. The minimum atomic E-state index is -0.954. The number of aryl methyl sites for hydroxylation is 3. The molecular weight excluding hydrogens is 286 g/mol. The molecule has 6 heteroatoms. The van der Waals surface area contributed by atoms with Gasteiger partial charge in [-0.15, -0.1) is 0 Å². The summed E-state index contributed by atoms with van der Waals surface area (Å²) in [6.45, 7) is 7.54. The van der Waals surface area contributed by atoms with Gasteiger partial charge in [-0.2, -0.15) is 5.10 Å². The van der Waals surface area contributed by atoms with E-state index in [4.69, 9.17) is 0 Å². The number of hydrogen-bond donors (Lipinski definition) is 1. The average Bonchev–Trinajstić information content (AvgIpc) is 2.96. The van der Waals surface area contributed by atoms with E-state index in [-0.39, 0.29) is 5.56 Å². The first kappa shape index (κ1) is 13.8. The number of aromatic carboxylic acids is 1. The van der Waals surface area contributed by atoms with Gasteiger partial charge in [-0.05, 0) is 38.8 Å². The smallest absolute Gasteiger partial charge is 0.339 e. The third-order valence-electron chi connectivity index (χ3n) is 3.62. The summed E-state index contributed by atoms with van der Waals surface area (Å²) < 4.78 is 2.75. The summed E-state index contributed by atoms with van der Waals surface area (Å²) in [7, 11) is 0. The van der Waals surface area contributed by atoms with Crippen LogP contribution >= 0.6 is 11.3 Å². The van der Waals surface area contributed by atoms with Crippen molar-refractivity contribution in [3.05, 3.63) is 40.2 Å². The number of hydrogen-bond acceptors (Lipinski definition) is 4. The van der Waals surface area contributed by atoms with Gasteiger partial charge in [0.2, 0.25) is 5.13 Å². The first-order valence-electron chi connectivity index (χ1n) is 6.56. The lowest BCUT2D eigenvalue weighted by molar-refractivity contribution is 0.0695. The zero-order chi connectivity index (χ0) is 15.3. The second-order valence-corrected chi connectivity index (χ2v) is 6.11. The fourth-order valence-corrected chi connectivity index (χ4v) is 3.59. The van der Waals surface area contributed by atoms with Crippen molar-refractivity contribution in [2.24, 2.45) is 0 Å². The van der Waals surface area contributed by atoms with Gasteiger partial charge in [-0.1, -0.05) is 23.5 Å². The first-order chi connectivity index (χ1) is 9.90. The quantitative estimate of drug-likeness (QED) is 0.787. The molecule has 0 atom stereocenters. The number of fused-ring (bicyclic) bond motifs is 1. The molecule has 0 saturated carbocycles. The largest absolute Gasteiger partial charge is 0.478 e. The normalized spacial score (nSPS) is 11.2. The van der Waals surface area contributed by atoms with Crippen LogP contribution in [0.15, 0.2) is 12.1 Å². The molecule has 3 rings (SSSR count). The summed E-state index contributed by atoms with van der Waals surface area (Å²) in [4.78, 5) is 15.9. The second-order valence-electron chi connectivity index (χ2n) is 5.14. The molecule has 0 aliphatic carbocycles. The van der Waals surface area contributed by atoms with E-state index in [1.54, 1.807) is 18.5 Å². The van der Waals surface area contributed by atoms with E-state index in [1.807, 2.05) is 19.9 Å². The Morgan fingerprint density at radius 2 is 1.86 bits per heavy atom. The summed E-state index contributed by atoms with van der Waals surface area (Å²) in [6, 6.07) is 4.12. The maximum absolute atomic E-state index is 11.3. The van der Waals surface area contributed by atoms with Gasteiger partial charge in [0.1, 0.15) is 5.56 Å². The third kappa shape index (κ3) is 2.03. The zero-order valence-electron chi connectivity index (χ0n) is 12.3.